The van der Waals surface area contributed by atoms with Crippen LogP contribution in [0, 0.1) is 0 Å². The second-order valence-electron chi connectivity index (χ2n) is 4.72. The maximum Gasteiger partial charge on any atom is 0.330 e. The Balaban J connectivity index is 1.85. The van der Waals surface area contributed by atoms with E-state index in [9.17, 15) is 19.5 Å². The van der Waals surface area contributed by atoms with Crippen molar-refractivity contribution in [1.82, 2.24) is 10.2 Å². The first-order valence-corrected chi connectivity index (χ1v) is 8.07. The lowest BCUT2D eigenvalue weighted by Gasteiger charge is -2.51. The van der Waals surface area contributed by atoms with E-state index in [1.807, 2.05) is 22.9 Å². The van der Waals surface area contributed by atoms with Crippen LogP contribution in [0.1, 0.15) is 4.88 Å². The number of carboxylic acid groups (broad SMARTS) is 1. The van der Waals surface area contributed by atoms with Crippen LogP contribution in [0.3, 0.4) is 0 Å². The third-order valence-electron chi connectivity index (χ3n) is 3.51. The van der Waals surface area contributed by atoms with Gasteiger partial charge in [0.05, 0.1) is 0 Å². The first-order chi connectivity index (χ1) is 10.1. The van der Waals surface area contributed by atoms with Crippen LogP contribution in [0.15, 0.2) is 28.5 Å². The summed E-state index contributed by atoms with van der Waals surface area (Å²) in [6.45, 7) is 0. The highest BCUT2D eigenvalue weighted by Crippen LogP contribution is 2.40. The van der Waals surface area contributed by atoms with Gasteiger partial charge in [0.15, 0.2) is 6.04 Å². The molecule has 21 heavy (non-hydrogen) atoms. The molecular weight excluding hydrogens is 312 g/mol. The molecule has 110 valence electrons. The number of carbonyl (C=O) groups is 3. The predicted molar refractivity (Wildman–Crippen MR) is 78.7 cm³/mol. The van der Waals surface area contributed by atoms with Crippen LogP contribution in [0.4, 0.5) is 0 Å². The minimum Gasteiger partial charge on any atom is -0.479 e. The second-order valence-corrected chi connectivity index (χ2v) is 6.75. The fourth-order valence-corrected chi connectivity index (χ4v) is 4.54. The molecule has 1 aromatic rings. The Bertz CT molecular complexity index is 614. The van der Waals surface area contributed by atoms with Gasteiger partial charge in [-0.05, 0) is 22.4 Å². The van der Waals surface area contributed by atoms with Gasteiger partial charge in [-0.15, -0.1) is 23.1 Å². The average Bonchev–Trinajstić information content (AvgIpc) is 2.97. The van der Waals surface area contributed by atoms with Gasteiger partial charge in [0.25, 0.3) is 0 Å². The van der Waals surface area contributed by atoms with E-state index in [2.05, 4.69) is 5.32 Å². The number of thiophene rings is 1. The zero-order chi connectivity index (χ0) is 15.0. The summed E-state index contributed by atoms with van der Waals surface area (Å²) in [6, 6.07) is 2.27. The molecule has 6 nitrogen and oxygen atoms in total. The topological polar surface area (TPSA) is 86.7 Å². The summed E-state index contributed by atoms with van der Waals surface area (Å²) in [6.07, 6.45) is 0.991. The summed E-state index contributed by atoms with van der Waals surface area (Å²) in [5.41, 5.74) is 0.698. The number of amides is 2. The van der Waals surface area contributed by atoms with Gasteiger partial charge in [0.1, 0.15) is 11.4 Å². The van der Waals surface area contributed by atoms with Crippen LogP contribution in [0.5, 0.6) is 0 Å². The van der Waals surface area contributed by atoms with E-state index < -0.39 is 18.1 Å². The van der Waals surface area contributed by atoms with Crippen molar-refractivity contribution in [3.8, 4) is 0 Å². The third kappa shape index (κ3) is 2.34. The lowest BCUT2D eigenvalue weighted by Crippen LogP contribution is -2.73. The van der Waals surface area contributed by atoms with E-state index in [1.54, 1.807) is 11.3 Å². The first kappa shape index (κ1) is 14.2. The molecule has 2 aliphatic heterocycles. The number of nitrogens with one attached hydrogen (secondary N) is 1. The predicted octanol–water partition coefficient (Wildman–Crippen LogP) is 0.657. The Morgan fingerprint density at radius 1 is 1.52 bits per heavy atom. The summed E-state index contributed by atoms with van der Waals surface area (Å²) >= 11 is 2.93. The number of thioether (sulfide) groups is 1. The van der Waals surface area contributed by atoms with E-state index in [-0.39, 0.29) is 11.3 Å². The fourth-order valence-electron chi connectivity index (χ4n) is 2.56. The Morgan fingerprint density at radius 3 is 2.95 bits per heavy atom. The zero-order valence-electron chi connectivity index (χ0n) is 10.8. The van der Waals surface area contributed by atoms with Crippen molar-refractivity contribution in [3.05, 3.63) is 33.4 Å². The maximum absolute atomic E-state index is 12.1. The molecule has 1 saturated heterocycles. The van der Waals surface area contributed by atoms with Crippen molar-refractivity contribution in [2.45, 2.75) is 23.9 Å². The van der Waals surface area contributed by atoms with E-state index in [0.717, 1.165) is 4.88 Å². The minimum atomic E-state index is -1.04. The largest absolute Gasteiger partial charge is 0.479 e. The van der Waals surface area contributed by atoms with Crippen LogP contribution in [0.25, 0.3) is 0 Å². The van der Waals surface area contributed by atoms with Crippen molar-refractivity contribution in [2.24, 2.45) is 0 Å². The van der Waals surface area contributed by atoms with Crippen LogP contribution in [-0.4, -0.2) is 45.8 Å². The van der Waals surface area contributed by atoms with Gasteiger partial charge >= 0.3 is 5.97 Å². The van der Waals surface area contributed by atoms with E-state index in [0.29, 0.717) is 18.4 Å². The van der Waals surface area contributed by atoms with Crippen molar-refractivity contribution >= 4 is 41.4 Å². The van der Waals surface area contributed by atoms with Crippen molar-refractivity contribution in [2.75, 3.05) is 0 Å². The smallest absolute Gasteiger partial charge is 0.330 e. The highest BCUT2D eigenvalue weighted by molar-refractivity contribution is 8.02. The molecule has 8 heteroatoms. The Hall–Kier alpha value is -1.80. The number of hydrogen-bond acceptors (Lipinski definition) is 5. The third-order valence-corrected chi connectivity index (χ3v) is 5.60. The van der Waals surface area contributed by atoms with Crippen molar-refractivity contribution in [3.63, 3.8) is 0 Å². The highest BCUT2D eigenvalue weighted by Gasteiger charge is 2.55. The van der Waals surface area contributed by atoms with Gasteiger partial charge in [0.2, 0.25) is 12.3 Å². The van der Waals surface area contributed by atoms with E-state index in [1.165, 1.54) is 16.7 Å². The number of carbonyl (C=O) groups excluding carboxylic acids is 2. The lowest BCUT2D eigenvalue weighted by molar-refractivity contribution is -0.159. The molecule has 2 amide bonds. The second kappa shape index (κ2) is 5.53. The molecule has 3 rings (SSSR count). The summed E-state index contributed by atoms with van der Waals surface area (Å²) in [4.78, 5) is 36.5. The molecule has 0 spiro atoms. The van der Waals surface area contributed by atoms with Crippen LogP contribution in [-0.2, 0) is 20.8 Å². The number of β-lactam (4-membered cyclic amide) rings is 1. The minimum absolute atomic E-state index is 0.337. The average molecular weight is 324 g/mol. The molecule has 1 aromatic heterocycles. The van der Waals surface area contributed by atoms with Crippen LogP contribution < -0.4 is 5.32 Å². The molecule has 2 aliphatic rings. The monoisotopic (exact) mass is 324 g/mol. The Morgan fingerprint density at radius 2 is 2.33 bits per heavy atom. The first-order valence-electron chi connectivity index (χ1n) is 6.25. The van der Waals surface area contributed by atoms with Crippen molar-refractivity contribution < 1.29 is 19.5 Å². The maximum atomic E-state index is 12.1. The van der Waals surface area contributed by atoms with Crippen molar-refractivity contribution in [1.29, 1.82) is 0 Å². The van der Waals surface area contributed by atoms with Gasteiger partial charge in [-0.25, -0.2) is 4.79 Å². The zero-order valence-corrected chi connectivity index (χ0v) is 12.4. The lowest BCUT2D eigenvalue weighted by atomic mass is 9.96. The number of fused-ring (bicyclic) bond motifs is 1. The van der Waals surface area contributed by atoms with Gasteiger partial charge in [-0.3, -0.25) is 9.59 Å². The standard InChI is InChI=1S/C13H12N2O4S2/c16-6-14-9-11(17)15-10(13(18)19)7(5-21-12(9)15)4-8-2-1-3-20-8/h1-3,5-6,9-10,12H,4H2,(H,14,16)(H,18,19)/t9-,10?,12-/m1/s1. The van der Waals surface area contributed by atoms with Crippen LogP contribution >= 0.6 is 23.1 Å². The summed E-state index contributed by atoms with van der Waals surface area (Å²) in [5.74, 6) is -1.38. The van der Waals surface area contributed by atoms with Gasteiger partial charge in [0, 0.05) is 11.3 Å². The summed E-state index contributed by atoms with van der Waals surface area (Å²) in [7, 11) is 0. The number of aliphatic carboxylic acids is 1. The molecule has 0 aliphatic carbocycles. The molecule has 3 atom stereocenters. The highest BCUT2D eigenvalue weighted by atomic mass is 32.2. The SMILES string of the molecule is O=CN[C@@H]1C(=O)N2C(C(=O)O)C(Cc3cccs3)=CS[C@H]12. The molecule has 1 unspecified atom stereocenters. The Labute approximate surface area is 128 Å². The summed E-state index contributed by atoms with van der Waals surface area (Å²) < 4.78 is 0. The van der Waals surface area contributed by atoms with Gasteiger partial charge < -0.3 is 15.3 Å². The molecule has 0 bridgehead atoms. The number of carboxylic acids is 1. The number of rotatable bonds is 5. The Kier molecular flexibility index (Phi) is 3.73. The quantitative estimate of drug-likeness (QED) is 0.614. The molecule has 0 radical (unpaired) electrons. The van der Waals surface area contributed by atoms with E-state index >= 15 is 0 Å². The number of hydrogen-bond donors (Lipinski definition) is 2. The molecule has 0 aromatic carbocycles. The fraction of sp³-hybridized carbons (Fsp3) is 0.308. The molecule has 2 N–H and O–H groups in total. The molecule has 3 heterocycles. The summed E-state index contributed by atoms with van der Waals surface area (Å²) in [5, 5.41) is 15.3. The molecular formula is C13H12N2O4S2. The molecule has 1 fully saturated rings. The molecule has 0 saturated carbocycles. The van der Waals surface area contributed by atoms with Gasteiger partial charge in [-0.2, -0.15) is 0 Å². The van der Waals surface area contributed by atoms with E-state index in [4.69, 9.17) is 0 Å². The normalized spacial score (nSPS) is 27.4. The van der Waals surface area contributed by atoms with Crippen LogP contribution in [0.2, 0.25) is 0 Å². The van der Waals surface area contributed by atoms with Gasteiger partial charge in [-0.1, -0.05) is 6.07 Å². The number of nitrogens with zero attached hydrogens (tertiary/aromatic N) is 1.